The Morgan fingerprint density at radius 3 is 2.84 bits per heavy atom. The first-order valence-corrected chi connectivity index (χ1v) is 6.70. The van der Waals surface area contributed by atoms with E-state index in [9.17, 15) is 15.0 Å². The third-order valence-electron chi connectivity index (χ3n) is 4.10. The maximum atomic E-state index is 11.5. The summed E-state index contributed by atoms with van der Waals surface area (Å²) in [5.41, 5.74) is 1.05. The molecule has 0 bridgehead atoms. The minimum Gasteiger partial charge on any atom is -0.508 e. The van der Waals surface area contributed by atoms with Gasteiger partial charge in [0.1, 0.15) is 11.3 Å². The molecule has 0 aromatic heterocycles. The Morgan fingerprint density at radius 1 is 1.42 bits per heavy atom. The number of aliphatic carboxylic acids is 1. The molecule has 1 aromatic rings. The first-order valence-electron chi connectivity index (χ1n) is 6.70. The van der Waals surface area contributed by atoms with Gasteiger partial charge in [0.15, 0.2) is 0 Å². The van der Waals surface area contributed by atoms with Gasteiger partial charge in [-0.1, -0.05) is 17.7 Å². The summed E-state index contributed by atoms with van der Waals surface area (Å²) in [5.74, 6) is -0.539. The van der Waals surface area contributed by atoms with Crippen molar-refractivity contribution in [2.45, 2.75) is 45.2 Å². The zero-order chi connectivity index (χ0) is 14.0. The van der Waals surface area contributed by atoms with Crippen LogP contribution in [-0.4, -0.2) is 33.2 Å². The highest BCUT2D eigenvalue weighted by Crippen LogP contribution is 2.31. The van der Waals surface area contributed by atoms with Crippen molar-refractivity contribution in [1.82, 2.24) is 4.90 Å². The number of carbonyl (C=O) groups is 1. The van der Waals surface area contributed by atoms with E-state index in [0.29, 0.717) is 13.0 Å². The van der Waals surface area contributed by atoms with Crippen molar-refractivity contribution in [3.05, 3.63) is 29.3 Å². The van der Waals surface area contributed by atoms with Gasteiger partial charge in [-0.3, -0.25) is 9.69 Å². The van der Waals surface area contributed by atoms with E-state index in [1.165, 1.54) is 0 Å². The molecule has 0 aliphatic carbocycles. The zero-order valence-corrected chi connectivity index (χ0v) is 11.5. The second-order valence-corrected chi connectivity index (χ2v) is 5.59. The van der Waals surface area contributed by atoms with E-state index >= 15 is 0 Å². The van der Waals surface area contributed by atoms with E-state index < -0.39 is 11.5 Å². The molecule has 0 spiro atoms. The van der Waals surface area contributed by atoms with Crippen LogP contribution < -0.4 is 0 Å². The number of rotatable bonds is 3. The number of nitrogens with zero attached hydrogens (tertiary/aromatic N) is 1. The van der Waals surface area contributed by atoms with Gasteiger partial charge in [0, 0.05) is 12.1 Å². The van der Waals surface area contributed by atoms with Gasteiger partial charge in [-0.15, -0.1) is 0 Å². The lowest BCUT2D eigenvalue weighted by atomic mass is 9.88. The Morgan fingerprint density at radius 2 is 2.16 bits per heavy atom. The molecule has 1 atom stereocenters. The summed E-state index contributed by atoms with van der Waals surface area (Å²) in [7, 11) is 0. The number of aromatic hydroxyl groups is 1. The van der Waals surface area contributed by atoms with E-state index in [1.807, 2.05) is 24.0 Å². The van der Waals surface area contributed by atoms with Crippen LogP contribution in [0.1, 0.15) is 37.3 Å². The van der Waals surface area contributed by atoms with E-state index in [0.717, 1.165) is 30.5 Å². The summed E-state index contributed by atoms with van der Waals surface area (Å²) in [6, 6.07) is 5.45. The summed E-state index contributed by atoms with van der Waals surface area (Å²) in [6.07, 6.45) is 2.61. The van der Waals surface area contributed by atoms with Crippen LogP contribution in [0, 0.1) is 6.92 Å². The SMILES string of the molecule is Cc1ccc(O)c(CN2CCCCC2(C)C(=O)O)c1. The standard InChI is InChI=1S/C15H21NO3/c1-11-5-6-13(17)12(9-11)10-16-8-4-3-7-15(16,2)14(18)19/h5-6,9,17H,3-4,7-8,10H2,1-2H3,(H,18,19). The third kappa shape index (κ3) is 2.73. The van der Waals surface area contributed by atoms with Gasteiger partial charge in [0.05, 0.1) is 0 Å². The number of aryl methyl sites for hydroxylation is 1. The van der Waals surface area contributed by atoms with Crippen LogP contribution >= 0.6 is 0 Å². The van der Waals surface area contributed by atoms with Crippen molar-refractivity contribution in [3.8, 4) is 5.75 Å². The van der Waals surface area contributed by atoms with Crippen molar-refractivity contribution >= 4 is 5.97 Å². The van der Waals surface area contributed by atoms with Crippen LogP contribution in [0.15, 0.2) is 18.2 Å². The summed E-state index contributed by atoms with van der Waals surface area (Å²) in [6.45, 7) is 4.99. The highest BCUT2D eigenvalue weighted by atomic mass is 16.4. The monoisotopic (exact) mass is 263 g/mol. The van der Waals surface area contributed by atoms with Gasteiger partial charge < -0.3 is 10.2 Å². The zero-order valence-electron chi connectivity index (χ0n) is 11.5. The smallest absolute Gasteiger partial charge is 0.323 e. The molecule has 1 aromatic carbocycles. The topological polar surface area (TPSA) is 60.8 Å². The van der Waals surface area contributed by atoms with E-state index in [4.69, 9.17) is 0 Å². The molecule has 2 rings (SSSR count). The first kappa shape index (κ1) is 13.9. The van der Waals surface area contributed by atoms with Crippen molar-refractivity contribution in [2.24, 2.45) is 0 Å². The third-order valence-corrected chi connectivity index (χ3v) is 4.10. The number of carboxylic acid groups (broad SMARTS) is 1. The Kier molecular flexibility index (Phi) is 3.80. The molecule has 104 valence electrons. The molecular weight excluding hydrogens is 242 g/mol. The summed E-state index contributed by atoms with van der Waals surface area (Å²) in [5, 5.41) is 19.4. The molecule has 19 heavy (non-hydrogen) atoms. The highest BCUT2D eigenvalue weighted by Gasteiger charge is 2.41. The molecule has 1 saturated heterocycles. The number of hydrogen-bond acceptors (Lipinski definition) is 3. The molecule has 2 N–H and O–H groups in total. The predicted molar refractivity (Wildman–Crippen MR) is 73.1 cm³/mol. The van der Waals surface area contributed by atoms with Crippen LogP contribution in [0.5, 0.6) is 5.75 Å². The summed E-state index contributed by atoms with van der Waals surface area (Å²) in [4.78, 5) is 13.5. The number of phenols is 1. The Labute approximate surface area is 113 Å². The Hall–Kier alpha value is -1.55. The van der Waals surface area contributed by atoms with Crippen LogP contribution in [0.3, 0.4) is 0 Å². The fourth-order valence-electron chi connectivity index (χ4n) is 2.72. The van der Waals surface area contributed by atoms with Gasteiger partial charge in [0.25, 0.3) is 0 Å². The van der Waals surface area contributed by atoms with Crippen molar-refractivity contribution in [2.75, 3.05) is 6.54 Å². The number of hydrogen-bond donors (Lipinski definition) is 2. The molecule has 1 unspecified atom stereocenters. The van der Waals surface area contributed by atoms with Crippen molar-refractivity contribution in [3.63, 3.8) is 0 Å². The average Bonchev–Trinajstić information content (AvgIpc) is 2.36. The van der Waals surface area contributed by atoms with Gasteiger partial charge >= 0.3 is 5.97 Å². The van der Waals surface area contributed by atoms with E-state index in [2.05, 4.69) is 0 Å². The fraction of sp³-hybridized carbons (Fsp3) is 0.533. The molecule has 1 aliphatic rings. The lowest BCUT2D eigenvalue weighted by molar-refractivity contribution is -0.153. The number of carboxylic acids is 1. The lowest BCUT2D eigenvalue weighted by Gasteiger charge is -2.41. The van der Waals surface area contributed by atoms with E-state index in [1.54, 1.807) is 13.0 Å². The maximum absolute atomic E-state index is 11.5. The maximum Gasteiger partial charge on any atom is 0.323 e. The largest absolute Gasteiger partial charge is 0.508 e. The second kappa shape index (κ2) is 5.21. The number of benzene rings is 1. The molecule has 0 amide bonds. The van der Waals surface area contributed by atoms with Crippen LogP contribution in [0.2, 0.25) is 0 Å². The minimum atomic E-state index is -0.825. The van der Waals surface area contributed by atoms with Crippen molar-refractivity contribution < 1.29 is 15.0 Å². The lowest BCUT2D eigenvalue weighted by Crippen LogP contribution is -2.54. The average molecular weight is 263 g/mol. The fourth-order valence-corrected chi connectivity index (χ4v) is 2.72. The van der Waals surface area contributed by atoms with Gasteiger partial charge in [-0.25, -0.2) is 0 Å². The van der Waals surface area contributed by atoms with Crippen LogP contribution in [0.25, 0.3) is 0 Å². The van der Waals surface area contributed by atoms with Crippen molar-refractivity contribution in [1.29, 1.82) is 0 Å². The van der Waals surface area contributed by atoms with Gasteiger partial charge in [0.2, 0.25) is 0 Å². The normalized spacial score (nSPS) is 24.3. The minimum absolute atomic E-state index is 0.240. The molecule has 0 saturated carbocycles. The molecule has 4 nitrogen and oxygen atoms in total. The Bertz CT molecular complexity index is 486. The molecule has 1 heterocycles. The number of phenolic OH excluding ortho intramolecular Hbond substituents is 1. The quantitative estimate of drug-likeness (QED) is 0.879. The highest BCUT2D eigenvalue weighted by molar-refractivity contribution is 5.78. The molecule has 1 aliphatic heterocycles. The second-order valence-electron chi connectivity index (χ2n) is 5.59. The summed E-state index contributed by atoms with van der Waals surface area (Å²) < 4.78 is 0. The number of likely N-dealkylation sites (tertiary alicyclic amines) is 1. The summed E-state index contributed by atoms with van der Waals surface area (Å²) >= 11 is 0. The molecule has 1 fully saturated rings. The van der Waals surface area contributed by atoms with Crippen LogP contribution in [0.4, 0.5) is 0 Å². The van der Waals surface area contributed by atoms with Gasteiger partial charge in [-0.2, -0.15) is 0 Å². The Balaban J connectivity index is 2.25. The van der Waals surface area contributed by atoms with Crippen LogP contribution in [-0.2, 0) is 11.3 Å². The van der Waals surface area contributed by atoms with Gasteiger partial charge in [-0.05, 0) is 45.7 Å². The van der Waals surface area contributed by atoms with E-state index in [-0.39, 0.29) is 5.75 Å². The molecule has 4 heteroatoms. The first-order chi connectivity index (χ1) is 8.93. The number of piperidine rings is 1. The molecular formula is C15H21NO3. The molecule has 0 radical (unpaired) electrons. The predicted octanol–water partition coefficient (Wildman–Crippen LogP) is 2.53.